The Morgan fingerprint density at radius 1 is 1.11 bits per heavy atom. The highest BCUT2D eigenvalue weighted by molar-refractivity contribution is 5.85. The van der Waals surface area contributed by atoms with E-state index in [0.29, 0.717) is 6.54 Å². The predicted octanol–water partition coefficient (Wildman–Crippen LogP) is 3.07. The van der Waals surface area contributed by atoms with Crippen molar-refractivity contribution in [1.29, 1.82) is 0 Å². The minimum Gasteiger partial charge on any atom is -0.376 e. The molecule has 0 unspecified atom stereocenters. The summed E-state index contributed by atoms with van der Waals surface area (Å²) in [4.78, 5) is 11.9. The molecule has 1 amide bonds. The molecule has 0 heterocycles. The second kappa shape index (κ2) is 5.41. The highest BCUT2D eigenvalue weighted by Gasteiger charge is 2.65. The first kappa shape index (κ1) is 15.8. The molecule has 3 nitrogen and oxygen atoms in total. The van der Waals surface area contributed by atoms with Crippen LogP contribution in [0.1, 0.15) is 27.7 Å². The molecule has 19 heavy (non-hydrogen) atoms. The molecule has 1 aromatic carbocycles. The molecule has 0 aliphatic heterocycles. The summed E-state index contributed by atoms with van der Waals surface area (Å²) in [5.74, 6) is 0.0579. The Kier molecular flexibility index (Phi) is 4.51. The maximum atomic E-state index is 11.9. The van der Waals surface area contributed by atoms with Crippen LogP contribution in [0, 0.1) is 10.8 Å². The number of carbonyl (C=O) groups is 1. The van der Waals surface area contributed by atoms with Crippen molar-refractivity contribution in [3.63, 3.8) is 0 Å². The van der Waals surface area contributed by atoms with Gasteiger partial charge in [0.2, 0.25) is 5.91 Å². The first-order valence-electron chi connectivity index (χ1n) is 6.44. The van der Waals surface area contributed by atoms with Crippen molar-refractivity contribution in [2.45, 2.75) is 33.7 Å². The van der Waals surface area contributed by atoms with Crippen molar-refractivity contribution in [1.82, 2.24) is 5.32 Å². The van der Waals surface area contributed by atoms with Gasteiger partial charge in [0.15, 0.2) is 0 Å². The third-order valence-electron chi connectivity index (χ3n) is 4.55. The molecular formula is C15H23ClN2O. The van der Waals surface area contributed by atoms with Crippen LogP contribution < -0.4 is 10.6 Å². The van der Waals surface area contributed by atoms with E-state index >= 15 is 0 Å². The zero-order valence-corrected chi connectivity index (χ0v) is 12.8. The molecule has 2 N–H and O–H groups in total. The average Bonchev–Trinajstić information content (AvgIpc) is 2.70. The summed E-state index contributed by atoms with van der Waals surface area (Å²) in [6.45, 7) is 9.11. The zero-order chi connectivity index (χ0) is 13.4. The standard InChI is InChI=1S/C15H22N2O.ClH/c1-14(2)13(15(14,3)4)17-12(18)10-16-11-8-6-5-7-9-11;/h5-9,13,16H,10H2,1-4H3,(H,17,18);1H. The van der Waals surface area contributed by atoms with E-state index in [-0.39, 0.29) is 35.2 Å². The molecule has 0 radical (unpaired) electrons. The van der Waals surface area contributed by atoms with E-state index in [1.807, 2.05) is 30.3 Å². The van der Waals surface area contributed by atoms with Gasteiger partial charge in [-0.25, -0.2) is 0 Å². The Morgan fingerprint density at radius 3 is 2.11 bits per heavy atom. The Labute approximate surface area is 121 Å². The molecule has 1 aliphatic carbocycles. The molecule has 106 valence electrons. The summed E-state index contributed by atoms with van der Waals surface area (Å²) in [5.41, 5.74) is 1.35. The smallest absolute Gasteiger partial charge is 0.239 e. The van der Waals surface area contributed by atoms with E-state index in [2.05, 4.69) is 38.3 Å². The van der Waals surface area contributed by atoms with Gasteiger partial charge in [0, 0.05) is 11.7 Å². The monoisotopic (exact) mass is 282 g/mol. The summed E-state index contributed by atoms with van der Waals surface area (Å²) < 4.78 is 0. The second-order valence-electron chi connectivity index (χ2n) is 6.16. The van der Waals surface area contributed by atoms with Gasteiger partial charge in [0.25, 0.3) is 0 Å². The lowest BCUT2D eigenvalue weighted by Gasteiger charge is -2.09. The molecule has 1 fully saturated rings. The number of carbonyl (C=O) groups excluding carboxylic acids is 1. The summed E-state index contributed by atoms with van der Waals surface area (Å²) in [7, 11) is 0. The van der Waals surface area contributed by atoms with Crippen molar-refractivity contribution in [3.8, 4) is 0 Å². The lowest BCUT2D eigenvalue weighted by atomic mass is 10.0. The average molecular weight is 283 g/mol. The van der Waals surface area contributed by atoms with Crippen molar-refractivity contribution in [2.24, 2.45) is 10.8 Å². The lowest BCUT2D eigenvalue weighted by Crippen LogP contribution is -2.34. The highest BCUT2D eigenvalue weighted by atomic mass is 35.5. The van der Waals surface area contributed by atoms with Crippen molar-refractivity contribution in [2.75, 3.05) is 11.9 Å². The number of rotatable bonds is 4. The van der Waals surface area contributed by atoms with Gasteiger partial charge in [-0.05, 0) is 23.0 Å². The number of amides is 1. The van der Waals surface area contributed by atoms with Crippen LogP contribution in [0.2, 0.25) is 0 Å². The summed E-state index contributed by atoms with van der Waals surface area (Å²) in [5, 5.41) is 6.22. The molecule has 0 saturated heterocycles. The predicted molar refractivity (Wildman–Crippen MR) is 81.7 cm³/mol. The Bertz CT molecular complexity index is 429. The minimum absolute atomic E-state index is 0. The van der Waals surface area contributed by atoms with Crippen molar-refractivity contribution < 1.29 is 4.79 Å². The second-order valence-corrected chi connectivity index (χ2v) is 6.16. The number of benzene rings is 1. The van der Waals surface area contributed by atoms with Crippen molar-refractivity contribution in [3.05, 3.63) is 30.3 Å². The quantitative estimate of drug-likeness (QED) is 0.891. The summed E-state index contributed by atoms with van der Waals surface area (Å²) in [6.07, 6.45) is 0. The molecule has 0 atom stereocenters. The third kappa shape index (κ3) is 3.03. The Hall–Kier alpha value is -1.22. The number of hydrogen-bond donors (Lipinski definition) is 2. The Morgan fingerprint density at radius 2 is 1.63 bits per heavy atom. The fourth-order valence-corrected chi connectivity index (χ4v) is 2.51. The molecule has 0 spiro atoms. The van der Waals surface area contributed by atoms with Gasteiger partial charge in [-0.3, -0.25) is 4.79 Å². The number of para-hydroxylation sites is 1. The molecule has 0 bridgehead atoms. The Balaban J connectivity index is 0.00000180. The summed E-state index contributed by atoms with van der Waals surface area (Å²) >= 11 is 0. The third-order valence-corrected chi connectivity index (χ3v) is 4.55. The maximum absolute atomic E-state index is 11.9. The molecule has 2 rings (SSSR count). The van der Waals surface area contributed by atoms with Gasteiger partial charge in [-0.2, -0.15) is 0 Å². The minimum atomic E-state index is 0. The fraction of sp³-hybridized carbons (Fsp3) is 0.533. The maximum Gasteiger partial charge on any atom is 0.239 e. The van der Waals surface area contributed by atoms with Crippen LogP contribution in [0.5, 0.6) is 0 Å². The topological polar surface area (TPSA) is 41.1 Å². The zero-order valence-electron chi connectivity index (χ0n) is 12.0. The normalized spacial score (nSPS) is 19.2. The lowest BCUT2D eigenvalue weighted by molar-refractivity contribution is -0.119. The number of hydrogen-bond acceptors (Lipinski definition) is 2. The van der Waals surface area contributed by atoms with Crippen LogP contribution in [0.4, 0.5) is 5.69 Å². The van der Waals surface area contributed by atoms with E-state index in [0.717, 1.165) is 5.69 Å². The van der Waals surface area contributed by atoms with E-state index in [4.69, 9.17) is 0 Å². The van der Waals surface area contributed by atoms with E-state index in [1.165, 1.54) is 0 Å². The van der Waals surface area contributed by atoms with Crippen LogP contribution >= 0.6 is 12.4 Å². The number of anilines is 1. The van der Waals surface area contributed by atoms with Gasteiger partial charge in [0.05, 0.1) is 6.54 Å². The van der Waals surface area contributed by atoms with Gasteiger partial charge >= 0.3 is 0 Å². The molecular weight excluding hydrogens is 260 g/mol. The fourth-order valence-electron chi connectivity index (χ4n) is 2.51. The highest BCUT2D eigenvalue weighted by Crippen LogP contribution is 2.62. The molecule has 4 heteroatoms. The van der Waals surface area contributed by atoms with Crippen LogP contribution in [-0.2, 0) is 4.79 Å². The molecule has 0 aromatic heterocycles. The largest absolute Gasteiger partial charge is 0.376 e. The molecule has 1 saturated carbocycles. The number of halogens is 1. The van der Waals surface area contributed by atoms with E-state index in [1.54, 1.807) is 0 Å². The van der Waals surface area contributed by atoms with Gasteiger partial charge < -0.3 is 10.6 Å². The van der Waals surface area contributed by atoms with Crippen LogP contribution in [0.15, 0.2) is 30.3 Å². The molecule has 1 aliphatic rings. The van der Waals surface area contributed by atoms with Crippen LogP contribution in [0.25, 0.3) is 0 Å². The molecule has 1 aromatic rings. The van der Waals surface area contributed by atoms with Gasteiger partial charge in [-0.15, -0.1) is 12.4 Å². The first-order chi connectivity index (χ1) is 8.35. The van der Waals surface area contributed by atoms with E-state index < -0.39 is 0 Å². The van der Waals surface area contributed by atoms with Gasteiger partial charge in [-0.1, -0.05) is 45.9 Å². The van der Waals surface area contributed by atoms with Crippen molar-refractivity contribution >= 4 is 24.0 Å². The first-order valence-corrected chi connectivity index (χ1v) is 6.44. The SMILES string of the molecule is CC1(C)C(NC(=O)CNc2ccccc2)C1(C)C.Cl. The van der Waals surface area contributed by atoms with Crippen LogP contribution in [-0.4, -0.2) is 18.5 Å². The van der Waals surface area contributed by atoms with Gasteiger partial charge in [0.1, 0.15) is 0 Å². The number of nitrogens with one attached hydrogen (secondary N) is 2. The van der Waals surface area contributed by atoms with E-state index in [9.17, 15) is 4.79 Å². The van der Waals surface area contributed by atoms with Crippen LogP contribution in [0.3, 0.4) is 0 Å². The summed E-state index contributed by atoms with van der Waals surface area (Å²) in [6, 6.07) is 10.0.